The highest BCUT2D eigenvalue weighted by Crippen LogP contribution is 2.33. The lowest BCUT2D eigenvalue weighted by molar-refractivity contribution is 0.756. The first kappa shape index (κ1) is 7.50. The Morgan fingerprint density at radius 3 is 2.83 bits per heavy atom. The lowest BCUT2D eigenvalue weighted by Gasteiger charge is -2.14. The van der Waals surface area contributed by atoms with Crippen LogP contribution in [0.5, 0.6) is 0 Å². The Morgan fingerprint density at radius 2 is 2.25 bits per heavy atom. The minimum atomic E-state index is -0.0963. The van der Waals surface area contributed by atoms with Crippen LogP contribution >= 0.6 is 0 Å². The standard InChI is InChI=1S/C10H10FN/c1-12-6-7-2-3-9-8(4-7)5-10(9)11/h2-5,12H,6H2,1H3. The van der Waals surface area contributed by atoms with Gasteiger partial charge in [-0.25, -0.2) is 4.39 Å². The van der Waals surface area contributed by atoms with Crippen molar-refractivity contribution in [3.63, 3.8) is 0 Å². The van der Waals surface area contributed by atoms with Gasteiger partial charge in [-0.3, -0.25) is 0 Å². The van der Waals surface area contributed by atoms with Crippen LogP contribution in [0.1, 0.15) is 16.7 Å². The maximum Gasteiger partial charge on any atom is 0.131 e. The smallest absolute Gasteiger partial charge is 0.131 e. The van der Waals surface area contributed by atoms with E-state index in [0.717, 1.165) is 17.7 Å². The Bertz CT molecular complexity index is 342. The Kier molecular flexibility index (Phi) is 1.70. The molecule has 0 unspecified atom stereocenters. The van der Waals surface area contributed by atoms with Gasteiger partial charge in [0.2, 0.25) is 0 Å². The van der Waals surface area contributed by atoms with Gasteiger partial charge in [-0.05, 0) is 30.3 Å². The van der Waals surface area contributed by atoms with Gasteiger partial charge in [0.1, 0.15) is 5.83 Å². The van der Waals surface area contributed by atoms with Crippen molar-refractivity contribution in [1.82, 2.24) is 5.32 Å². The summed E-state index contributed by atoms with van der Waals surface area (Å²) in [6, 6.07) is 5.79. The van der Waals surface area contributed by atoms with E-state index in [1.807, 2.05) is 25.2 Å². The number of benzene rings is 1. The second kappa shape index (κ2) is 2.72. The molecule has 62 valence electrons. The summed E-state index contributed by atoms with van der Waals surface area (Å²) >= 11 is 0. The first-order valence-electron chi connectivity index (χ1n) is 3.96. The molecule has 0 fully saturated rings. The Balaban J connectivity index is 2.28. The molecule has 0 bridgehead atoms. The average Bonchev–Trinajstić information content (AvgIpc) is 2.03. The number of rotatable bonds is 2. The molecule has 0 spiro atoms. The minimum absolute atomic E-state index is 0.0963. The molecule has 1 aliphatic carbocycles. The molecule has 1 nitrogen and oxygen atoms in total. The Morgan fingerprint density at radius 1 is 1.42 bits per heavy atom. The zero-order chi connectivity index (χ0) is 8.55. The van der Waals surface area contributed by atoms with Crippen molar-refractivity contribution >= 4 is 11.9 Å². The maximum atomic E-state index is 12.7. The van der Waals surface area contributed by atoms with E-state index >= 15 is 0 Å². The molecule has 1 aromatic rings. The lowest BCUT2D eigenvalue weighted by atomic mass is 9.94. The van der Waals surface area contributed by atoms with E-state index in [1.54, 1.807) is 6.08 Å². The van der Waals surface area contributed by atoms with Crippen LogP contribution in [-0.2, 0) is 6.54 Å². The van der Waals surface area contributed by atoms with Crippen molar-refractivity contribution in [2.75, 3.05) is 7.05 Å². The number of fused-ring (bicyclic) bond motifs is 1. The fraction of sp³-hybridized carbons (Fsp3) is 0.200. The summed E-state index contributed by atoms with van der Waals surface area (Å²) in [6.07, 6.45) is 1.56. The second-order valence-corrected chi connectivity index (χ2v) is 2.94. The zero-order valence-corrected chi connectivity index (χ0v) is 6.89. The van der Waals surface area contributed by atoms with Gasteiger partial charge in [0.05, 0.1) is 0 Å². The van der Waals surface area contributed by atoms with Crippen LogP contribution in [0.4, 0.5) is 4.39 Å². The van der Waals surface area contributed by atoms with Crippen molar-refractivity contribution in [3.05, 3.63) is 34.9 Å². The lowest BCUT2D eigenvalue weighted by Crippen LogP contribution is -2.06. The Labute approximate surface area is 70.9 Å². The predicted octanol–water partition coefficient (Wildman–Crippen LogP) is 2.19. The highest BCUT2D eigenvalue weighted by atomic mass is 19.1. The summed E-state index contributed by atoms with van der Waals surface area (Å²) in [5, 5.41) is 3.05. The van der Waals surface area contributed by atoms with Gasteiger partial charge >= 0.3 is 0 Å². The van der Waals surface area contributed by atoms with Gasteiger partial charge < -0.3 is 5.32 Å². The predicted molar refractivity (Wildman–Crippen MR) is 48.2 cm³/mol. The molecule has 1 N–H and O–H groups in total. The first-order valence-corrected chi connectivity index (χ1v) is 3.96. The highest BCUT2D eigenvalue weighted by Gasteiger charge is 2.15. The molecule has 12 heavy (non-hydrogen) atoms. The van der Waals surface area contributed by atoms with E-state index in [4.69, 9.17) is 0 Å². The van der Waals surface area contributed by atoms with Gasteiger partial charge in [0.25, 0.3) is 0 Å². The number of nitrogens with one attached hydrogen (secondary N) is 1. The van der Waals surface area contributed by atoms with Crippen LogP contribution in [0.3, 0.4) is 0 Å². The molecule has 1 aromatic carbocycles. The molecule has 0 saturated heterocycles. The quantitative estimate of drug-likeness (QED) is 0.704. The van der Waals surface area contributed by atoms with E-state index in [9.17, 15) is 4.39 Å². The molecule has 0 radical (unpaired) electrons. The van der Waals surface area contributed by atoms with Gasteiger partial charge in [-0.15, -0.1) is 0 Å². The molecule has 0 amide bonds. The molecule has 2 rings (SSSR count). The third kappa shape index (κ3) is 1.04. The molecule has 0 heterocycles. The fourth-order valence-corrected chi connectivity index (χ4v) is 1.40. The van der Waals surface area contributed by atoms with Crippen LogP contribution in [-0.4, -0.2) is 7.05 Å². The van der Waals surface area contributed by atoms with Gasteiger partial charge in [0.15, 0.2) is 0 Å². The minimum Gasteiger partial charge on any atom is -0.316 e. The molecule has 2 heteroatoms. The molecule has 0 saturated carbocycles. The molecule has 0 aromatic heterocycles. The zero-order valence-electron chi connectivity index (χ0n) is 6.89. The van der Waals surface area contributed by atoms with Gasteiger partial charge in [0, 0.05) is 12.1 Å². The monoisotopic (exact) mass is 163 g/mol. The van der Waals surface area contributed by atoms with E-state index in [0.29, 0.717) is 0 Å². The average molecular weight is 163 g/mol. The van der Waals surface area contributed by atoms with Crippen molar-refractivity contribution in [1.29, 1.82) is 0 Å². The van der Waals surface area contributed by atoms with Crippen LogP contribution in [0, 0.1) is 0 Å². The molecule has 0 atom stereocenters. The van der Waals surface area contributed by atoms with E-state index < -0.39 is 0 Å². The van der Waals surface area contributed by atoms with Crippen LogP contribution < -0.4 is 5.32 Å². The third-order valence-corrected chi connectivity index (χ3v) is 2.04. The SMILES string of the molecule is CNCc1ccc2c(c1)C=C2F. The highest BCUT2D eigenvalue weighted by molar-refractivity contribution is 5.91. The van der Waals surface area contributed by atoms with E-state index in [1.165, 1.54) is 5.56 Å². The van der Waals surface area contributed by atoms with Crippen LogP contribution in [0.25, 0.3) is 11.9 Å². The third-order valence-electron chi connectivity index (χ3n) is 2.04. The summed E-state index contributed by atoms with van der Waals surface area (Å²) < 4.78 is 12.7. The number of hydrogen-bond acceptors (Lipinski definition) is 1. The maximum absolute atomic E-state index is 12.7. The summed E-state index contributed by atoms with van der Waals surface area (Å²) in [6.45, 7) is 0.836. The number of halogens is 1. The largest absolute Gasteiger partial charge is 0.316 e. The summed E-state index contributed by atoms with van der Waals surface area (Å²) in [4.78, 5) is 0. The van der Waals surface area contributed by atoms with E-state index in [-0.39, 0.29) is 5.83 Å². The van der Waals surface area contributed by atoms with Crippen molar-refractivity contribution in [2.45, 2.75) is 6.54 Å². The van der Waals surface area contributed by atoms with Crippen LogP contribution in [0.15, 0.2) is 18.2 Å². The van der Waals surface area contributed by atoms with Gasteiger partial charge in [-0.2, -0.15) is 0 Å². The number of hydrogen-bond donors (Lipinski definition) is 1. The van der Waals surface area contributed by atoms with Gasteiger partial charge in [-0.1, -0.05) is 12.1 Å². The molecular formula is C10H10FN. The summed E-state index contributed by atoms with van der Waals surface area (Å²) in [5.41, 5.74) is 2.95. The summed E-state index contributed by atoms with van der Waals surface area (Å²) in [5.74, 6) is -0.0963. The van der Waals surface area contributed by atoms with Crippen LogP contribution in [0.2, 0.25) is 0 Å². The molecule has 0 aliphatic heterocycles. The molecular weight excluding hydrogens is 153 g/mol. The Hall–Kier alpha value is -1.15. The molecule has 1 aliphatic rings. The van der Waals surface area contributed by atoms with Crippen molar-refractivity contribution in [2.24, 2.45) is 0 Å². The van der Waals surface area contributed by atoms with Crippen molar-refractivity contribution in [3.8, 4) is 0 Å². The summed E-state index contributed by atoms with van der Waals surface area (Å²) in [7, 11) is 1.90. The van der Waals surface area contributed by atoms with Crippen molar-refractivity contribution < 1.29 is 4.39 Å². The van der Waals surface area contributed by atoms with E-state index in [2.05, 4.69) is 5.32 Å². The first-order chi connectivity index (χ1) is 5.81. The second-order valence-electron chi connectivity index (χ2n) is 2.94. The normalized spacial score (nSPS) is 13.3. The fourth-order valence-electron chi connectivity index (χ4n) is 1.40. The topological polar surface area (TPSA) is 12.0 Å².